The number of ether oxygens (including phenoxy) is 1. The number of rotatable bonds is 5. The third-order valence-electron chi connectivity index (χ3n) is 3.10. The van der Waals surface area contributed by atoms with Gasteiger partial charge in [-0.2, -0.15) is 0 Å². The predicted octanol–water partition coefficient (Wildman–Crippen LogP) is 2.08. The van der Waals surface area contributed by atoms with Gasteiger partial charge in [0.25, 0.3) is 0 Å². The summed E-state index contributed by atoms with van der Waals surface area (Å²) in [4.78, 5) is 8.68. The van der Waals surface area contributed by atoms with Gasteiger partial charge in [-0.15, -0.1) is 0 Å². The van der Waals surface area contributed by atoms with Gasteiger partial charge in [0, 0.05) is 26.5 Å². The lowest BCUT2D eigenvalue weighted by Gasteiger charge is -2.25. The quantitative estimate of drug-likeness (QED) is 0.879. The van der Waals surface area contributed by atoms with E-state index in [0.717, 1.165) is 30.7 Å². The van der Waals surface area contributed by atoms with Crippen LogP contribution in [-0.2, 0) is 11.3 Å². The second-order valence-corrected chi connectivity index (χ2v) is 5.31. The van der Waals surface area contributed by atoms with Gasteiger partial charge in [-0.25, -0.2) is 9.97 Å². The first-order valence-electron chi connectivity index (χ1n) is 6.09. The summed E-state index contributed by atoms with van der Waals surface area (Å²) in [7, 11) is 1.72. The van der Waals surface area contributed by atoms with Crippen LogP contribution < -0.4 is 5.73 Å². The summed E-state index contributed by atoms with van der Waals surface area (Å²) in [6.07, 6.45) is 2.73. The highest BCUT2D eigenvalue weighted by Crippen LogP contribution is 2.26. The van der Waals surface area contributed by atoms with Crippen molar-refractivity contribution in [3.05, 3.63) is 18.3 Å². The van der Waals surface area contributed by atoms with E-state index in [1.807, 2.05) is 16.7 Å². The summed E-state index contributed by atoms with van der Waals surface area (Å²) in [6, 6.07) is 3.80. The Morgan fingerprint density at radius 2 is 2.22 bits per heavy atom. The van der Waals surface area contributed by atoms with Crippen LogP contribution in [0, 0.1) is 5.41 Å². The molecule has 0 aliphatic heterocycles. The summed E-state index contributed by atoms with van der Waals surface area (Å²) >= 11 is 0. The van der Waals surface area contributed by atoms with Gasteiger partial charge in [0.2, 0.25) is 5.95 Å². The number of hydrogen-bond acceptors (Lipinski definition) is 4. The van der Waals surface area contributed by atoms with Crippen molar-refractivity contribution in [1.82, 2.24) is 14.5 Å². The van der Waals surface area contributed by atoms with Crippen molar-refractivity contribution in [3.63, 3.8) is 0 Å². The maximum atomic E-state index is 5.97. The van der Waals surface area contributed by atoms with Gasteiger partial charge in [-0.1, -0.05) is 13.8 Å². The maximum Gasteiger partial charge on any atom is 0.202 e. The third-order valence-corrected chi connectivity index (χ3v) is 3.10. The van der Waals surface area contributed by atoms with Crippen molar-refractivity contribution in [2.75, 3.05) is 19.5 Å². The molecule has 0 atom stereocenters. The molecule has 0 fully saturated rings. The molecule has 0 unspecified atom stereocenters. The number of nitrogens with zero attached hydrogens (tertiary/aromatic N) is 3. The van der Waals surface area contributed by atoms with Crippen molar-refractivity contribution in [2.24, 2.45) is 5.41 Å². The summed E-state index contributed by atoms with van der Waals surface area (Å²) in [5.74, 6) is 0.522. The van der Waals surface area contributed by atoms with Crippen molar-refractivity contribution in [2.45, 2.75) is 26.8 Å². The van der Waals surface area contributed by atoms with Crippen LogP contribution in [0.1, 0.15) is 20.3 Å². The second-order valence-electron chi connectivity index (χ2n) is 5.31. The van der Waals surface area contributed by atoms with E-state index in [1.165, 1.54) is 0 Å². The van der Waals surface area contributed by atoms with Crippen LogP contribution in [-0.4, -0.2) is 28.3 Å². The van der Waals surface area contributed by atoms with Crippen molar-refractivity contribution >= 4 is 17.1 Å². The third kappa shape index (κ3) is 2.61. The predicted molar refractivity (Wildman–Crippen MR) is 72.2 cm³/mol. The molecule has 0 saturated heterocycles. The van der Waals surface area contributed by atoms with E-state index in [9.17, 15) is 0 Å². The Balaban J connectivity index is 2.28. The molecule has 98 valence electrons. The van der Waals surface area contributed by atoms with E-state index in [0.29, 0.717) is 5.95 Å². The summed E-state index contributed by atoms with van der Waals surface area (Å²) in [5, 5.41) is 0. The van der Waals surface area contributed by atoms with Crippen molar-refractivity contribution in [3.8, 4) is 0 Å². The molecule has 0 bridgehead atoms. The molecular weight excluding hydrogens is 228 g/mol. The summed E-state index contributed by atoms with van der Waals surface area (Å²) in [5.41, 5.74) is 7.75. The number of hydrogen-bond donors (Lipinski definition) is 1. The lowest BCUT2D eigenvalue weighted by Crippen LogP contribution is -2.22. The van der Waals surface area contributed by atoms with Gasteiger partial charge in [0.1, 0.15) is 5.52 Å². The number of nitrogen functional groups attached to an aromatic ring is 1. The Bertz CT molecular complexity index is 533. The van der Waals surface area contributed by atoms with Gasteiger partial charge in [-0.3, -0.25) is 4.57 Å². The molecule has 2 aromatic heterocycles. The standard InChI is InChI=1S/C13H20N4O/c1-13(2,6-8-18-3)9-17-11-10(16-12(17)14)5-4-7-15-11/h4-5,7H,6,8-9H2,1-3H3,(H2,14,16). The van der Waals surface area contributed by atoms with Gasteiger partial charge in [-0.05, 0) is 24.0 Å². The van der Waals surface area contributed by atoms with Crippen LogP contribution in [0.15, 0.2) is 18.3 Å². The van der Waals surface area contributed by atoms with Crippen LogP contribution in [0.3, 0.4) is 0 Å². The molecule has 0 aliphatic carbocycles. The molecule has 5 heteroatoms. The molecule has 0 saturated carbocycles. The van der Waals surface area contributed by atoms with E-state index in [1.54, 1.807) is 13.3 Å². The Morgan fingerprint density at radius 3 is 2.94 bits per heavy atom. The zero-order valence-corrected chi connectivity index (χ0v) is 11.2. The Morgan fingerprint density at radius 1 is 1.44 bits per heavy atom. The highest BCUT2D eigenvalue weighted by atomic mass is 16.5. The molecule has 0 amide bonds. The summed E-state index contributed by atoms with van der Waals surface area (Å²) < 4.78 is 7.12. The monoisotopic (exact) mass is 248 g/mol. The molecule has 0 aromatic carbocycles. The zero-order chi connectivity index (χ0) is 13.2. The molecule has 2 aromatic rings. The number of nitrogens with two attached hydrogens (primary N) is 1. The normalized spacial score (nSPS) is 12.2. The minimum absolute atomic E-state index is 0.0925. The van der Waals surface area contributed by atoms with Gasteiger partial charge in [0.15, 0.2) is 5.65 Å². The Hall–Kier alpha value is -1.62. The number of imidazole rings is 1. The van der Waals surface area contributed by atoms with Gasteiger partial charge in [0.05, 0.1) is 0 Å². The number of fused-ring (bicyclic) bond motifs is 1. The number of pyridine rings is 1. The molecule has 0 aliphatic rings. The average molecular weight is 248 g/mol. The Labute approximate surface area is 107 Å². The number of aromatic nitrogens is 3. The first kappa shape index (κ1) is 12.8. The van der Waals surface area contributed by atoms with Crippen LogP contribution in [0.2, 0.25) is 0 Å². The average Bonchev–Trinajstić information content (AvgIpc) is 2.63. The fourth-order valence-corrected chi connectivity index (χ4v) is 2.02. The molecule has 0 radical (unpaired) electrons. The van der Waals surface area contributed by atoms with Crippen LogP contribution in [0.4, 0.5) is 5.95 Å². The minimum Gasteiger partial charge on any atom is -0.385 e. The lowest BCUT2D eigenvalue weighted by molar-refractivity contribution is 0.143. The minimum atomic E-state index is 0.0925. The largest absolute Gasteiger partial charge is 0.385 e. The molecule has 18 heavy (non-hydrogen) atoms. The fourth-order valence-electron chi connectivity index (χ4n) is 2.02. The highest BCUT2D eigenvalue weighted by Gasteiger charge is 2.21. The molecule has 2 heterocycles. The first-order chi connectivity index (χ1) is 8.53. The van der Waals surface area contributed by atoms with Crippen molar-refractivity contribution in [1.29, 1.82) is 0 Å². The van der Waals surface area contributed by atoms with E-state index in [4.69, 9.17) is 10.5 Å². The Kier molecular flexibility index (Phi) is 3.52. The van der Waals surface area contributed by atoms with Crippen LogP contribution in [0.5, 0.6) is 0 Å². The van der Waals surface area contributed by atoms with Gasteiger partial charge >= 0.3 is 0 Å². The fraction of sp³-hybridized carbons (Fsp3) is 0.538. The first-order valence-corrected chi connectivity index (χ1v) is 6.09. The number of methoxy groups -OCH3 is 1. The lowest BCUT2D eigenvalue weighted by atomic mass is 9.89. The second kappa shape index (κ2) is 4.94. The molecule has 2 rings (SSSR count). The van der Waals surface area contributed by atoms with E-state index < -0.39 is 0 Å². The SMILES string of the molecule is COCCC(C)(C)Cn1c(N)nc2cccnc21. The smallest absolute Gasteiger partial charge is 0.202 e. The van der Waals surface area contributed by atoms with E-state index in [2.05, 4.69) is 23.8 Å². The summed E-state index contributed by atoms with van der Waals surface area (Å²) in [6.45, 7) is 5.92. The molecule has 2 N–H and O–H groups in total. The van der Waals surface area contributed by atoms with E-state index in [-0.39, 0.29) is 5.41 Å². The molecule has 5 nitrogen and oxygen atoms in total. The van der Waals surface area contributed by atoms with E-state index >= 15 is 0 Å². The topological polar surface area (TPSA) is 66.0 Å². The van der Waals surface area contributed by atoms with Crippen LogP contribution in [0.25, 0.3) is 11.2 Å². The van der Waals surface area contributed by atoms with Gasteiger partial charge < -0.3 is 10.5 Å². The zero-order valence-electron chi connectivity index (χ0n) is 11.2. The van der Waals surface area contributed by atoms with Crippen molar-refractivity contribution < 1.29 is 4.74 Å². The highest BCUT2D eigenvalue weighted by molar-refractivity contribution is 5.73. The molecule has 0 spiro atoms. The van der Waals surface area contributed by atoms with Crippen LogP contribution >= 0.6 is 0 Å². The maximum absolute atomic E-state index is 5.97. The number of anilines is 1. The molecular formula is C13H20N4O.